The topological polar surface area (TPSA) is 41.0 Å². The fourth-order valence-corrected chi connectivity index (χ4v) is 2.23. The predicted molar refractivity (Wildman–Crippen MR) is 74.2 cm³/mol. The Bertz CT molecular complexity index is 424. The molecule has 2 saturated carbocycles. The van der Waals surface area contributed by atoms with Gasteiger partial charge >= 0.3 is 0 Å². The van der Waals surface area contributed by atoms with Crippen molar-refractivity contribution in [2.24, 2.45) is 5.92 Å². The Kier molecular flexibility index (Phi) is 3.10. The van der Waals surface area contributed by atoms with Gasteiger partial charge < -0.3 is 10.2 Å². The van der Waals surface area contributed by atoms with Crippen molar-refractivity contribution in [1.29, 1.82) is 0 Å². The van der Waals surface area contributed by atoms with E-state index in [0.717, 1.165) is 36.5 Å². The molecule has 2 aliphatic carbocycles. The second kappa shape index (κ2) is 4.75. The van der Waals surface area contributed by atoms with Crippen LogP contribution in [-0.4, -0.2) is 30.1 Å². The van der Waals surface area contributed by atoms with Crippen LogP contribution < -0.4 is 10.2 Å². The van der Waals surface area contributed by atoms with Gasteiger partial charge in [0.05, 0.1) is 0 Å². The molecule has 18 heavy (non-hydrogen) atoms. The molecule has 4 heteroatoms. The number of anilines is 2. The molecule has 0 saturated heterocycles. The third kappa shape index (κ3) is 2.74. The molecule has 98 valence electrons. The first kappa shape index (κ1) is 11.8. The summed E-state index contributed by atoms with van der Waals surface area (Å²) in [5.74, 6) is 4.58. The maximum absolute atomic E-state index is 4.73. The van der Waals surface area contributed by atoms with Gasteiger partial charge in [0.2, 0.25) is 0 Å². The van der Waals surface area contributed by atoms with Crippen LogP contribution in [0, 0.1) is 5.92 Å². The Morgan fingerprint density at radius 3 is 2.67 bits per heavy atom. The van der Waals surface area contributed by atoms with E-state index in [1.165, 1.54) is 25.7 Å². The number of rotatable bonds is 6. The predicted octanol–water partition coefficient (Wildman–Crippen LogP) is 2.63. The van der Waals surface area contributed by atoms with Gasteiger partial charge in [-0.05, 0) is 38.5 Å². The lowest BCUT2D eigenvalue weighted by Crippen LogP contribution is -2.22. The fraction of sp³-hybridized carbons (Fsp3) is 0.714. The summed E-state index contributed by atoms with van der Waals surface area (Å²) in [4.78, 5) is 11.6. The van der Waals surface area contributed by atoms with Crippen LogP contribution in [0.1, 0.15) is 44.3 Å². The first-order valence-corrected chi connectivity index (χ1v) is 7.10. The van der Waals surface area contributed by atoms with Crippen LogP contribution in [0.5, 0.6) is 0 Å². The Morgan fingerprint density at radius 2 is 2.06 bits per heavy atom. The van der Waals surface area contributed by atoms with Crippen LogP contribution in [0.25, 0.3) is 0 Å². The molecule has 3 rings (SSSR count). The maximum Gasteiger partial charge on any atom is 0.136 e. The minimum Gasteiger partial charge on any atom is -0.370 e. The zero-order valence-electron chi connectivity index (χ0n) is 11.3. The second-order valence-corrected chi connectivity index (χ2v) is 5.60. The van der Waals surface area contributed by atoms with Gasteiger partial charge in [-0.2, -0.15) is 0 Å². The lowest BCUT2D eigenvalue weighted by molar-refractivity contribution is 0.768. The van der Waals surface area contributed by atoms with Crippen LogP contribution in [-0.2, 0) is 0 Å². The molecule has 0 aromatic carbocycles. The molecule has 0 unspecified atom stereocenters. The number of aromatic nitrogens is 2. The lowest BCUT2D eigenvalue weighted by Gasteiger charge is -2.19. The first-order chi connectivity index (χ1) is 8.76. The van der Waals surface area contributed by atoms with Gasteiger partial charge in [-0.25, -0.2) is 9.97 Å². The summed E-state index contributed by atoms with van der Waals surface area (Å²) in [6.45, 7) is 4.14. The molecular formula is C14H22N4. The average molecular weight is 246 g/mol. The molecule has 0 aliphatic heterocycles. The van der Waals surface area contributed by atoms with E-state index in [-0.39, 0.29) is 0 Å². The van der Waals surface area contributed by atoms with Crippen LogP contribution in [0.2, 0.25) is 0 Å². The van der Waals surface area contributed by atoms with Crippen molar-refractivity contribution < 1.29 is 0 Å². The summed E-state index contributed by atoms with van der Waals surface area (Å²) >= 11 is 0. The molecular weight excluding hydrogens is 224 g/mol. The highest BCUT2D eigenvalue weighted by molar-refractivity contribution is 5.49. The molecule has 1 aromatic heterocycles. The van der Waals surface area contributed by atoms with Gasteiger partial charge in [-0.15, -0.1) is 0 Å². The van der Waals surface area contributed by atoms with Crippen molar-refractivity contribution in [3.63, 3.8) is 0 Å². The molecule has 0 spiro atoms. The average Bonchev–Trinajstić information content (AvgIpc) is 3.23. The monoisotopic (exact) mass is 246 g/mol. The van der Waals surface area contributed by atoms with E-state index in [2.05, 4.69) is 35.2 Å². The smallest absolute Gasteiger partial charge is 0.136 e. The van der Waals surface area contributed by atoms with Gasteiger partial charge in [-0.1, -0.05) is 0 Å². The third-order valence-corrected chi connectivity index (χ3v) is 3.65. The minimum absolute atomic E-state index is 0.608. The summed E-state index contributed by atoms with van der Waals surface area (Å²) in [7, 11) is 2.15. The molecule has 2 aliphatic rings. The van der Waals surface area contributed by atoms with Crippen LogP contribution in [0.3, 0.4) is 0 Å². The highest BCUT2D eigenvalue weighted by Crippen LogP contribution is 2.39. The van der Waals surface area contributed by atoms with E-state index in [0.29, 0.717) is 5.92 Å². The van der Waals surface area contributed by atoms with E-state index >= 15 is 0 Å². The molecule has 0 amide bonds. The van der Waals surface area contributed by atoms with Crippen LogP contribution in [0.15, 0.2) is 6.07 Å². The zero-order chi connectivity index (χ0) is 12.5. The Balaban J connectivity index is 1.81. The van der Waals surface area contributed by atoms with Crippen molar-refractivity contribution in [3.05, 3.63) is 11.9 Å². The fourth-order valence-electron chi connectivity index (χ4n) is 2.23. The Hall–Kier alpha value is -1.32. The summed E-state index contributed by atoms with van der Waals surface area (Å²) in [5, 5.41) is 3.32. The van der Waals surface area contributed by atoms with Gasteiger partial charge in [-0.3, -0.25) is 0 Å². The minimum atomic E-state index is 0.608. The van der Waals surface area contributed by atoms with Crippen molar-refractivity contribution >= 4 is 11.6 Å². The molecule has 2 fully saturated rings. The third-order valence-electron chi connectivity index (χ3n) is 3.65. The Morgan fingerprint density at radius 1 is 1.28 bits per heavy atom. The SMILES string of the molecule is CCNc1cc(N(C)CC2CC2)nc(C2CC2)n1. The molecule has 1 N–H and O–H groups in total. The summed E-state index contributed by atoms with van der Waals surface area (Å²) in [6.07, 6.45) is 5.26. The van der Waals surface area contributed by atoms with Gasteiger partial charge in [0, 0.05) is 32.1 Å². The van der Waals surface area contributed by atoms with E-state index in [4.69, 9.17) is 4.98 Å². The number of nitrogens with zero attached hydrogens (tertiary/aromatic N) is 3. The summed E-state index contributed by atoms with van der Waals surface area (Å²) < 4.78 is 0. The number of hydrogen-bond acceptors (Lipinski definition) is 4. The van der Waals surface area contributed by atoms with Crippen molar-refractivity contribution in [2.75, 3.05) is 30.4 Å². The highest BCUT2D eigenvalue weighted by atomic mass is 15.2. The maximum atomic E-state index is 4.73. The summed E-state index contributed by atoms with van der Waals surface area (Å²) in [6, 6.07) is 2.08. The zero-order valence-corrected chi connectivity index (χ0v) is 11.3. The van der Waals surface area contributed by atoms with Crippen LogP contribution in [0.4, 0.5) is 11.6 Å². The van der Waals surface area contributed by atoms with E-state index in [9.17, 15) is 0 Å². The van der Waals surface area contributed by atoms with Crippen molar-refractivity contribution in [1.82, 2.24) is 9.97 Å². The van der Waals surface area contributed by atoms with E-state index in [1.54, 1.807) is 0 Å². The molecule has 1 heterocycles. The van der Waals surface area contributed by atoms with Gasteiger partial charge in [0.15, 0.2) is 0 Å². The van der Waals surface area contributed by atoms with E-state index < -0.39 is 0 Å². The second-order valence-electron chi connectivity index (χ2n) is 5.60. The van der Waals surface area contributed by atoms with Crippen molar-refractivity contribution in [3.8, 4) is 0 Å². The number of nitrogens with one attached hydrogen (secondary N) is 1. The molecule has 0 radical (unpaired) electrons. The normalized spacial score (nSPS) is 18.8. The molecule has 0 bridgehead atoms. The number of hydrogen-bond donors (Lipinski definition) is 1. The Labute approximate surface area is 109 Å². The molecule has 1 aromatic rings. The molecule has 0 atom stereocenters. The largest absolute Gasteiger partial charge is 0.370 e. The standard InChI is InChI=1S/C14H22N4/c1-3-15-12-8-13(18(2)9-10-4-5-10)17-14(16-12)11-6-7-11/h8,10-11H,3-7,9H2,1-2H3,(H,15,16,17). The van der Waals surface area contributed by atoms with Crippen molar-refractivity contribution in [2.45, 2.75) is 38.5 Å². The van der Waals surface area contributed by atoms with Gasteiger partial charge in [0.25, 0.3) is 0 Å². The summed E-state index contributed by atoms with van der Waals surface area (Å²) in [5.41, 5.74) is 0. The quantitative estimate of drug-likeness (QED) is 0.837. The molecule has 4 nitrogen and oxygen atoms in total. The lowest BCUT2D eigenvalue weighted by atomic mass is 10.3. The van der Waals surface area contributed by atoms with Gasteiger partial charge in [0.1, 0.15) is 17.5 Å². The first-order valence-electron chi connectivity index (χ1n) is 7.10. The highest BCUT2D eigenvalue weighted by Gasteiger charge is 2.28. The van der Waals surface area contributed by atoms with E-state index in [1.807, 2.05) is 0 Å². The van der Waals surface area contributed by atoms with Crippen LogP contribution >= 0.6 is 0 Å².